The van der Waals surface area contributed by atoms with Crippen molar-refractivity contribution < 1.29 is 18.8 Å². The quantitative estimate of drug-likeness (QED) is 0.148. The molecule has 0 saturated carbocycles. The predicted molar refractivity (Wildman–Crippen MR) is 171 cm³/mol. The zero-order valence-corrected chi connectivity index (χ0v) is 25.8. The molecule has 0 bridgehead atoms. The first kappa shape index (κ1) is 31.1. The van der Waals surface area contributed by atoms with Gasteiger partial charge in [0.2, 0.25) is 0 Å². The van der Waals surface area contributed by atoms with Gasteiger partial charge in [-0.2, -0.15) is 0 Å². The number of likely N-dealkylation sites (tertiary alicyclic amines) is 1. The molecule has 2 N–H and O–H groups in total. The summed E-state index contributed by atoms with van der Waals surface area (Å²) in [7, 11) is 3.35. The summed E-state index contributed by atoms with van der Waals surface area (Å²) in [5.74, 6) is 2.26. The minimum atomic E-state index is -0.422. The van der Waals surface area contributed by atoms with Crippen LogP contribution >= 0.6 is 11.8 Å². The first-order valence-corrected chi connectivity index (χ1v) is 14.9. The van der Waals surface area contributed by atoms with Gasteiger partial charge >= 0.3 is 6.03 Å². The smallest absolute Gasteiger partial charge is 0.324 e. The monoisotopic (exact) mass is 592 g/mol. The van der Waals surface area contributed by atoms with Crippen LogP contribution in [0.25, 0.3) is 0 Å². The van der Waals surface area contributed by atoms with Crippen molar-refractivity contribution in [2.24, 2.45) is 9.98 Å². The Labute approximate surface area is 252 Å². The molecule has 1 aliphatic rings. The Hall–Kier alpha value is -3.83. The van der Waals surface area contributed by atoms with Crippen molar-refractivity contribution >= 4 is 46.7 Å². The van der Waals surface area contributed by atoms with E-state index in [0.29, 0.717) is 41.1 Å². The van der Waals surface area contributed by atoms with Crippen LogP contribution in [0.15, 0.2) is 61.9 Å². The highest BCUT2D eigenvalue weighted by Gasteiger charge is 2.21. The lowest BCUT2D eigenvalue weighted by Crippen LogP contribution is -2.33. The van der Waals surface area contributed by atoms with Crippen LogP contribution in [0.2, 0.25) is 0 Å². The minimum Gasteiger partial charge on any atom is -0.493 e. The van der Waals surface area contributed by atoms with E-state index >= 15 is 0 Å². The summed E-state index contributed by atoms with van der Waals surface area (Å²) in [5.41, 5.74) is 1.82. The number of thioether (sulfide) groups is 1. The fourth-order valence-corrected chi connectivity index (χ4v) is 5.45. The van der Waals surface area contributed by atoms with E-state index in [2.05, 4.69) is 37.4 Å². The second-order valence-corrected chi connectivity index (χ2v) is 12.1. The van der Waals surface area contributed by atoms with Crippen molar-refractivity contribution in [3.8, 4) is 11.5 Å². The van der Waals surface area contributed by atoms with E-state index in [1.54, 1.807) is 20.2 Å². The van der Waals surface area contributed by atoms with Gasteiger partial charge in [-0.05, 0) is 56.9 Å². The third-order valence-corrected chi connectivity index (χ3v) is 7.88. The van der Waals surface area contributed by atoms with E-state index in [1.165, 1.54) is 31.0 Å². The number of nitrogens with one attached hydrogen (secondary N) is 2. The number of piperidine rings is 1. The zero-order chi connectivity index (χ0) is 30.1. The van der Waals surface area contributed by atoms with Gasteiger partial charge < -0.3 is 19.3 Å². The predicted octanol–water partition coefficient (Wildman–Crippen LogP) is 6.99. The number of amides is 2. The summed E-state index contributed by atoms with van der Waals surface area (Å²) in [4.78, 5) is 24.7. The van der Waals surface area contributed by atoms with Crippen LogP contribution < -0.4 is 20.1 Å². The summed E-state index contributed by atoms with van der Waals surface area (Å²) in [5, 5.41) is 10.2. The highest BCUT2D eigenvalue weighted by Crippen LogP contribution is 2.38. The number of nitrogens with zero attached hydrogens (tertiary/aromatic N) is 4. The number of aliphatic imine (C=N–C) groups is 2. The second kappa shape index (κ2) is 14.4. The average Bonchev–Trinajstić information content (AvgIpc) is 3.45. The van der Waals surface area contributed by atoms with Crippen LogP contribution in [0.3, 0.4) is 0 Å². The molecule has 0 radical (unpaired) electrons. The molecule has 1 fully saturated rings. The number of urea groups is 1. The molecule has 1 aromatic heterocycles. The van der Waals surface area contributed by atoms with E-state index in [1.807, 2.05) is 57.2 Å². The summed E-state index contributed by atoms with van der Waals surface area (Å²) >= 11 is 1.44. The van der Waals surface area contributed by atoms with Crippen molar-refractivity contribution in [1.29, 1.82) is 0 Å². The number of ether oxygens (including phenoxy) is 2. The molecule has 1 aliphatic heterocycles. The molecule has 0 spiro atoms. The van der Waals surface area contributed by atoms with E-state index in [0.717, 1.165) is 35.1 Å². The molecule has 42 heavy (non-hydrogen) atoms. The Kier molecular flexibility index (Phi) is 10.6. The number of hydrogen-bond acceptors (Lipinski definition) is 9. The number of methoxy groups -OCH3 is 1. The fraction of sp³-hybridized carbons (Fsp3) is 0.419. The normalized spacial score (nSPS) is 14.4. The highest BCUT2D eigenvalue weighted by atomic mass is 32.2. The molecule has 2 heterocycles. The molecule has 224 valence electrons. The van der Waals surface area contributed by atoms with Gasteiger partial charge in [-0.3, -0.25) is 20.2 Å². The standard InChI is InChI=1S/C31H40N6O4S/c1-31(2,3)27-20-28(36-41-27)35-30(38)34-21-11-10-12-22(17-21)42-29(33-5)23-18-25(39-6)26(19-24(23)32-4)40-16-15-37-13-8-7-9-14-37/h10-12,17-20H,4,7-9,13-16H2,1-3,5-6H3,(H2,34,35,36,38). The van der Waals surface area contributed by atoms with Gasteiger partial charge in [0.25, 0.3) is 0 Å². The first-order chi connectivity index (χ1) is 20.2. The Morgan fingerprint density at radius 1 is 1.12 bits per heavy atom. The van der Waals surface area contributed by atoms with Crippen LogP contribution in [0.1, 0.15) is 51.4 Å². The molecular formula is C31H40N6O4S. The average molecular weight is 593 g/mol. The van der Waals surface area contributed by atoms with Crippen molar-refractivity contribution in [2.75, 3.05) is 51.0 Å². The largest absolute Gasteiger partial charge is 0.493 e. The summed E-state index contributed by atoms with van der Waals surface area (Å²) in [6, 6.07) is 12.5. The topological polar surface area (TPSA) is 114 Å². The molecule has 2 aromatic carbocycles. The highest BCUT2D eigenvalue weighted by molar-refractivity contribution is 8.14. The summed E-state index contributed by atoms with van der Waals surface area (Å²) < 4.78 is 17.1. The van der Waals surface area contributed by atoms with Gasteiger partial charge in [-0.15, -0.1) is 0 Å². The number of benzene rings is 2. The van der Waals surface area contributed by atoms with E-state index in [4.69, 9.17) is 14.0 Å². The van der Waals surface area contributed by atoms with E-state index in [9.17, 15) is 4.79 Å². The first-order valence-electron chi connectivity index (χ1n) is 14.0. The molecule has 10 nitrogen and oxygen atoms in total. The Morgan fingerprint density at radius 2 is 1.90 bits per heavy atom. The molecular weight excluding hydrogens is 552 g/mol. The van der Waals surface area contributed by atoms with Crippen LogP contribution in [-0.2, 0) is 5.41 Å². The lowest BCUT2D eigenvalue weighted by molar-refractivity contribution is 0.180. The fourth-order valence-electron chi connectivity index (χ4n) is 4.53. The number of hydrogen-bond donors (Lipinski definition) is 2. The maximum atomic E-state index is 12.6. The second-order valence-electron chi connectivity index (χ2n) is 11.0. The summed E-state index contributed by atoms with van der Waals surface area (Å²) in [6.45, 7) is 13.5. The van der Waals surface area contributed by atoms with Gasteiger partial charge in [0.15, 0.2) is 17.3 Å². The lowest BCUT2D eigenvalue weighted by atomic mass is 9.93. The summed E-state index contributed by atoms with van der Waals surface area (Å²) in [6.07, 6.45) is 3.79. The van der Waals surface area contributed by atoms with Crippen molar-refractivity contribution in [3.63, 3.8) is 0 Å². The Bertz CT molecular complexity index is 1410. The van der Waals surface area contributed by atoms with E-state index < -0.39 is 6.03 Å². The minimum absolute atomic E-state index is 0.210. The number of carbonyl (C=O) groups excluding carboxylic acids is 1. The van der Waals surface area contributed by atoms with Gasteiger partial charge in [0.05, 0.1) is 12.8 Å². The Morgan fingerprint density at radius 3 is 2.57 bits per heavy atom. The van der Waals surface area contributed by atoms with E-state index in [-0.39, 0.29) is 5.41 Å². The van der Waals surface area contributed by atoms with Gasteiger partial charge in [0, 0.05) is 47.3 Å². The molecule has 1 saturated heterocycles. The lowest BCUT2D eigenvalue weighted by Gasteiger charge is -2.26. The SMILES string of the molecule is C=Nc1cc(OCCN2CCCCC2)c(OC)cc1C(=NC)Sc1cccc(NC(=O)Nc2cc(C(C)(C)C)on2)c1. The molecule has 0 unspecified atom stereocenters. The third-order valence-electron chi connectivity index (χ3n) is 6.80. The third kappa shape index (κ3) is 8.36. The molecule has 3 aromatic rings. The van der Waals surface area contributed by atoms with Crippen LogP contribution in [0.4, 0.5) is 22.0 Å². The number of carbonyl (C=O) groups is 1. The zero-order valence-electron chi connectivity index (χ0n) is 25.0. The maximum Gasteiger partial charge on any atom is 0.324 e. The van der Waals surface area contributed by atoms with Crippen LogP contribution in [0, 0.1) is 0 Å². The Balaban J connectivity index is 1.43. The number of rotatable bonds is 10. The molecule has 0 atom stereocenters. The van der Waals surface area contributed by atoms with Crippen molar-refractivity contribution in [2.45, 2.75) is 50.3 Å². The molecule has 4 rings (SSSR count). The maximum absolute atomic E-state index is 12.6. The molecule has 11 heteroatoms. The van der Waals surface area contributed by atoms with Crippen LogP contribution in [-0.4, -0.2) is 68.2 Å². The number of aromatic nitrogens is 1. The molecule has 2 amide bonds. The number of anilines is 2. The van der Waals surface area contributed by atoms with Crippen molar-refractivity contribution in [3.05, 3.63) is 53.8 Å². The molecule has 0 aliphatic carbocycles. The van der Waals surface area contributed by atoms with Gasteiger partial charge in [0.1, 0.15) is 17.4 Å². The van der Waals surface area contributed by atoms with Gasteiger partial charge in [-0.1, -0.05) is 50.2 Å². The van der Waals surface area contributed by atoms with Crippen molar-refractivity contribution in [1.82, 2.24) is 10.1 Å². The van der Waals surface area contributed by atoms with Crippen LogP contribution in [0.5, 0.6) is 11.5 Å². The van der Waals surface area contributed by atoms with Gasteiger partial charge in [-0.25, -0.2) is 4.79 Å².